The molecule has 1 aromatic rings. The monoisotopic (exact) mass is 360 g/mol. The van der Waals surface area contributed by atoms with Crippen LogP contribution in [0.3, 0.4) is 0 Å². The van der Waals surface area contributed by atoms with Gasteiger partial charge in [-0.1, -0.05) is 0 Å². The zero-order valence-electron chi connectivity index (χ0n) is 14.1. The van der Waals surface area contributed by atoms with Crippen LogP contribution in [0.4, 0.5) is 17.8 Å². The first-order chi connectivity index (χ1) is 13.1. The minimum absolute atomic E-state index is 0.0418. The van der Waals surface area contributed by atoms with Crippen molar-refractivity contribution in [3.05, 3.63) is 0 Å². The summed E-state index contributed by atoms with van der Waals surface area (Å²) in [5.41, 5.74) is 0. The molecule has 0 spiro atoms. The van der Waals surface area contributed by atoms with Crippen LogP contribution in [0.15, 0.2) is 0 Å². The van der Waals surface area contributed by atoms with E-state index in [-0.39, 0.29) is 57.1 Å². The van der Waals surface area contributed by atoms with E-state index in [9.17, 15) is 0 Å². The molecule has 0 unspecified atom stereocenters. The highest BCUT2D eigenvalue weighted by Crippen LogP contribution is 2.19. The van der Waals surface area contributed by atoms with E-state index in [4.69, 9.17) is 31.6 Å². The highest BCUT2D eigenvalue weighted by atomic mass is 15.4. The van der Waals surface area contributed by atoms with E-state index in [1.54, 1.807) is 0 Å². The second-order valence-electron chi connectivity index (χ2n) is 4.75. The molecular formula is C15H12N12. The van der Waals surface area contributed by atoms with Crippen molar-refractivity contribution in [2.45, 2.75) is 0 Å². The SMILES string of the molecule is N#CCN(CC#N)c1nc(N(CC#N)CC#N)nc(N(CC#N)CC#N)n1. The molecule has 0 aliphatic rings. The summed E-state index contributed by atoms with van der Waals surface area (Å²) in [6.07, 6.45) is 0. The van der Waals surface area contributed by atoms with Gasteiger partial charge in [-0.2, -0.15) is 46.5 Å². The minimum atomic E-state index is -0.191. The Morgan fingerprint density at radius 3 is 0.778 bits per heavy atom. The molecule has 0 radical (unpaired) electrons. The van der Waals surface area contributed by atoms with Gasteiger partial charge in [0.25, 0.3) is 0 Å². The van der Waals surface area contributed by atoms with Gasteiger partial charge in [-0.05, 0) is 0 Å². The van der Waals surface area contributed by atoms with Crippen LogP contribution in [0.25, 0.3) is 0 Å². The predicted octanol–water partition coefficient (Wildman–Crippen LogP) is -0.568. The van der Waals surface area contributed by atoms with Crippen LogP contribution in [0.5, 0.6) is 0 Å². The zero-order valence-corrected chi connectivity index (χ0v) is 14.1. The largest absolute Gasteiger partial charge is 0.314 e. The normalized spacial score (nSPS) is 8.67. The Labute approximate surface area is 155 Å². The Balaban J connectivity index is 3.54. The lowest BCUT2D eigenvalue weighted by Crippen LogP contribution is -2.33. The second-order valence-corrected chi connectivity index (χ2v) is 4.75. The molecule has 27 heavy (non-hydrogen) atoms. The highest BCUT2D eigenvalue weighted by molar-refractivity contribution is 5.49. The van der Waals surface area contributed by atoms with Gasteiger partial charge in [-0.3, -0.25) is 0 Å². The topological polar surface area (TPSA) is 191 Å². The standard InChI is InChI=1S/C15H12N12/c16-1-7-25(8-2-17)13-22-14(26(9-3-18)10-4-19)24-15(23-13)27(11-5-20)12-6-21/h7-12H2. The minimum Gasteiger partial charge on any atom is -0.314 e. The lowest BCUT2D eigenvalue weighted by molar-refractivity contribution is 0.809. The molecule has 0 aromatic carbocycles. The number of rotatable bonds is 9. The smallest absolute Gasteiger partial charge is 0.233 e. The quantitative estimate of drug-likeness (QED) is 0.510. The summed E-state index contributed by atoms with van der Waals surface area (Å²) in [5, 5.41) is 53.7. The van der Waals surface area contributed by atoms with Gasteiger partial charge in [-0.15, -0.1) is 0 Å². The molecule has 12 nitrogen and oxygen atoms in total. The number of aromatic nitrogens is 3. The molecule has 0 saturated carbocycles. The third-order valence-corrected chi connectivity index (χ3v) is 3.02. The Morgan fingerprint density at radius 2 is 0.630 bits per heavy atom. The van der Waals surface area contributed by atoms with Gasteiger partial charge in [0.05, 0.1) is 36.4 Å². The van der Waals surface area contributed by atoms with Crippen LogP contribution >= 0.6 is 0 Å². The molecule has 0 bridgehead atoms. The van der Waals surface area contributed by atoms with Crippen molar-refractivity contribution in [2.75, 3.05) is 54.0 Å². The summed E-state index contributed by atoms with van der Waals surface area (Å²) >= 11 is 0. The molecule has 0 amide bonds. The molecule has 1 aromatic heterocycles. The van der Waals surface area contributed by atoms with Crippen LogP contribution < -0.4 is 14.7 Å². The van der Waals surface area contributed by atoms with Crippen molar-refractivity contribution in [2.24, 2.45) is 0 Å². The molecule has 0 saturated heterocycles. The summed E-state index contributed by atoms with van der Waals surface area (Å²) in [7, 11) is 0. The van der Waals surface area contributed by atoms with E-state index in [1.807, 2.05) is 36.4 Å². The van der Waals surface area contributed by atoms with Crippen molar-refractivity contribution in [1.29, 1.82) is 31.6 Å². The fraction of sp³-hybridized carbons (Fsp3) is 0.400. The van der Waals surface area contributed by atoms with E-state index < -0.39 is 0 Å². The second kappa shape index (κ2) is 11.0. The molecule has 0 fully saturated rings. The number of hydrogen-bond acceptors (Lipinski definition) is 12. The van der Waals surface area contributed by atoms with Gasteiger partial charge < -0.3 is 14.7 Å². The molecule has 1 rings (SSSR count). The number of anilines is 3. The number of nitrogens with zero attached hydrogens (tertiary/aromatic N) is 12. The zero-order chi connectivity index (χ0) is 20.1. The number of nitriles is 6. The van der Waals surface area contributed by atoms with E-state index >= 15 is 0 Å². The van der Waals surface area contributed by atoms with Gasteiger partial charge in [0, 0.05) is 0 Å². The Kier molecular flexibility index (Phi) is 8.31. The third kappa shape index (κ3) is 5.73. The van der Waals surface area contributed by atoms with Crippen LogP contribution in [-0.2, 0) is 0 Å². The first-order valence-electron chi connectivity index (χ1n) is 7.37. The molecular weight excluding hydrogens is 348 g/mol. The van der Waals surface area contributed by atoms with Crippen molar-refractivity contribution in [3.8, 4) is 36.4 Å². The summed E-state index contributed by atoms with van der Waals surface area (Å²) in [6.45, 7) is -1.15. The molecule has 12 heteroatoms. The Hall–Kier alpha value is -4.65. The maximum atomic E-state index is 8.95. The van der Waals surface area contributed by atoms with Gasteiger partial charge in [0.1, 0.15) is 39.3 Å². The van der Waals surface area contributed by atoms with E-state index in [1.165, 1.54) is 14.7 Å². The molecule has 0 aliphatic carbocycles. The van der Waals surface area contributed by atoms with Crippen molar-refractivity contribution < 1.29 is 0 Å². The first-order valence-corrected chi connectivity index (χ1v) is 7.37. The fourth-order valence-electron chi connectivity index (χ4n) is 1.87. The van der Waals surface area contributed by atoms with E-state index in [0.29, 0.717) is 0 Å². The first kappa shape index (κ1) is 20.4. The van der Waals surface area contributed by atoms with Gasteiger partial charge in [0.15, 0.2) is 0 Å². The van der Waals surface area contributed by atoms with Gasteiger partial charge in [0.2, 0.25) is 17.8 Å². The molecule has 1 heterocycles. The Morgan fingerprint density at radius 1 is 0.444 bits per heavy atom. The molecule has 0 N–H and O–H groups in total. The van der Waals surface area contributed by atoms with Crippen LogP contribution in [0.1, 0.15) is 0 Å². The average Bonchev–Trinajstić information content (AvgIpc) is 2.67. The molecule has 0 aliphatic heterocycles. The van der Waals surface area contributed by atoms with Crippen molar-refractivity contribution in [1.82, 2.24) is 15.0 Å². The van der Waals surface area contributed by atoms with Crippen molar-refractivity contribution in [3.63, 3.8) is 0 Å². The lowest BCUT2D eigenvalue weighted by Gasteiger charge is -2.23. The van der Waals surface area contributed by atoms with E-state index in [0.717, 1.165) is 0 Å². The summed E-state index contributed by atoms with van der Waals surface area (Å²) < 4.78 is 0. The van der Waals surface area contributed by atoms with E-state index in [2.05, 4.69) is 15.0 Å². The van der Waals surface area contributed by atoms with Crippen LogP contribution in [-0.4, -0.2) is 54.2 Å². The van der Waals surface area contributed by atoms with Gasteiger partial charge in [-0.25, -0.2) is 0 Å². The summed E-state index contributed by atoms with van der Waals surface area (Å²) in [6, 6.07) is 11.3. The van der Waals surface area contributed by atoms with Crippen LogP contribution in [0.2, 0.25) is 0 Å². The average molecular weight is 360 g/mol. The fourth-order valence-corrected chi connectivity index (χ4v) is 1.87. The number of hydrogen-bond donors (Lipinski definition) is 0. The predicted molar refractivity (Wildman–Crippen MR) is 90.1 cm³/mol. The Bertz CT molecular complexity index is 718. The van der Waals surface area contributed by atoms with Crippen LogP contribution in [0, 0.1) is 68.0 Å². The summed E-state index contributed by atoms with van der Waals surface area (Å²) in [4.78, 5) is 16.2. The maximum Gasteiger partial charge on any atom is 0.233 e. The third-order valence-electron chi connectivity index (χ3n) is 3.02. The molecule has 0 atom stereocenters. The van der Waals surface area contributed by atoms with Gasteiger partial charge >= 0.3 is 0 Å². The van der Waals surface area contributed by atoms with Crippen molar-refractivity contribution >= 4 is 17.8 Å². The lowest BCUT2D eigenvalue weighted by atomic mass is 10.5. The molecule has 132 valence electrons. The summed E-state index contributed by atoms with van der Waals surface area (Å²) in [5.74, 6) is -0.125. The highest BCUT2D eigenvalue weighted by Gasteiger charge is 2.20. The maximum absolute atomic E-state index is 8.95.